The number of carbonyl (C=O) groups is 2. The van der Waals surface area contributed by atoms with Gasteiger partial charge in [-0.15, -0.1) is 0 Å². The SMILES string of the molecule is CCC[C@@H](NC(=O)NCCCCCSC)C(=O)O. The van der Waals surface area contributed by atoms with E-state index in [1.807, 2.05) is 18.7 Å². The lowest BCUT2D eigenvalue weighted by Gasteiger charge is -2.14. The molecular weight excluding hydrogens is 252 g/mol. The van der Waals surface area contributed by atoms with E-state index < -0.39 is 12.0 Å². The molecule has 6 heteroatoms. The number of unbranched alkanes of at least 4 members (excludes halogenated alkanes) is 2. The number of hydrogen-bond donors (Lipinski definition) is 3. The molecule has 0 aromatic heterocycles. The van der Waals surface area contributed by atoms with Crippen molar-refractivity contribution in [2.75, 3.05) is 18.6 Å². The average Bonchev–Trinajstić information content (AvgIpc) is 2.33. The summed E-state index contributed by atoms with van der Waals surface area (Å²) in [6, 6.07) is -1.17. The van der Waals surface area contributed by atoms with E-state index in [9.17, 15) is 9.59 Å². The van der Waals surface area contributed by atoms with Gasteiger partial charge in [0.25, 0.3) is 0 Å². The van der Waals surface area contributed by atoms with Crippen LogP contribution < -0.4 is 10.6 Å². The Balaban J connectivity index is 3.65. The van der Waals surface area contributed by atoms with Crippen molar-refractivity contribution < 1.29 is 14.7 Å². The number of carboxylic acid groups (broad SMARTS) is 1. The van der Waals surface area contributed by atoms with Gasteiger partial charge in [-0.3, -0.25) is 0 Å². The van der Waals surface area contributed by atoms with E-state index in [0.717, 1.165) is 31.4 Å². The molecule has 18 heavy (non-hydrogen) atoms. The molecule has 0 rings (SSSR count). The lowest BCUT2D eigenvalue weighted by molar-refractivity contribution is -0.139. The summed E-state index contributed by atoms with van der Waals surface area (Å²) in [6.07, 6.45) is 6.42. The van der Waals surface area contributed by atoms with Crippen LogP contribution in [-0.2, 0) is 4.79 Å². The molecule has 0 fully saturated rings. The van der Waals surface area contributed by atoms with E-state index in [4.69, 9.17) is 5.11 Å². The third-order valence-corrected chi connectivity index (χ3v) is 3.19. The Morgan fingerprint density at radius 3 is 2.56 bits per heavy atom. The van der Waals surface area contributed by atoms with Crippen LogP contribution in [0.4, 0.5) is 4.79 Å². The standard InChI is InChI=1S/C12H24N2O3S/c1-3-7-10(11(15)16)14-12(17)13-8-5-4-6-9-18-2/h10H,3-9H2,1-2H3,(H,15,16)(H2,13,14,17)/t10-/m1/s1. The second-order valence-electron chi connectivity index (χ2n) is 4.13. The van der Waals surface area contributed by atoms with Gasteiger partial charge in [0.1, 0.15) is 6.04 Å². The van der Waals surface area contributed by atoms with Gasteiger partial charge in [-0.1, -0.05) is 19.8 Å². The first kappa shape index (κ1) is 17.1. The summed E-state index contributed by atoms with van der Waals surface area (Å²) in [5, 5.41) is 14.0. The van der Waals surface area contributed by atoms with Crippen LogP contribution in [0, 0.1) is 0 Å². The first-order chi connectivity index (χ1) is 8.61. The molecule has 0 spiro atoms. The number of urea groups is 1. The summed E-state index contributed by atoms with van der Waals surface area (Å²) in [7, 11) is 0. The maximum atomic E-state index is 11.4. The second-order valence-corrected chi connectivity index (χ2v) is 5.12. The molecule has 0 saturated heterocycles. The van der Waals surface area contributed by atoms with Crippen molar-refractivity contribution in [2.45, 2.75) is 45.1 Å². The van der Waals surface area contributed by atoms with Crippen LogP contribution in [0.1, 0.15) is 39.0 Å². The zero-order valence-electron chi connectivity index (χ0n) is 11.2. The van der Waals surface area contributed by atoms with Gasteiger partial charge in [0.15, 0.2) is 0 Å². The van der Waals surface area contributed by atoms with Crippen molar-refractivity contribution >= 4 is 23.8 Å². The third-order valence-electron chi connectivity index (χ3n) is 2.49. The Kier molecular flexibility index (Phi) is 10.6. The van der Waals surface area contributed by atoms with Gasteiger partial charge in [-0.05, 0) is 31.3 Å². The van der Waals surface area contributed by atoms with Crippen molar-refractivity contribution in [1.82, 2.24) is 10.6 Å². The highest BCUT2D eigenvalue weighted by atomic mass is 32.2. The van der Waals surface area contributed by atoms with Crippen LogP contribution in [0.25, 0.3) is 0 Å². The van der Waals surface area contributed by atoms with Gasteiger partial charge in [-0.25, -0.2) is 9.59 Å². The fraction of sp³-hybridized carbons (Fsp3) is 0.833. The number of thioether (sulfide) groups is 1. The summed E-state index contributed by atoms with van der Waals surface area (Å²) in [5.41, 5.74) is 0. The normalized spacial score (nSPS) is 11.9. The molecule has 0 aromatic rings. The molecule has 0 aromatic carbocycles. The van der Waals surface area contributed by atoms with Crippen molar-refractivity contribution in [1.29, 1.82) is 0 Å². The zero-order valence-corrected chi connectivity index (χ0v) is 12.0. The van der Waals surface area contributed by atoms with Crippen molar-refractivity contribution in [3.63, 3.8) is 0 Å². The van der Waals surface area contributed by atoms with Crippen LogP contribution in [-0.4, -0.2) is 41.7 Å². The maximum absolute atomic E-state index is 11.4. The number of carboxylic acids is 1. The number of hydrogen-bond acceptors (Lipinski definition) is 3. The van der Waals surface area contributed by atoms with Gasteiger partial charge in [0, 0.05) is 6.54 Å². The second kappa shape index (κ2) is 11.2. The topological polar surface area (TPSA) is 78.4 Å². The monoisotopic (exact) mass is 276 g/mol. The van der Waals surface area contributed by atoms with Gasteiger partial charge >= 0.3 is 12.0 Å². The predicted molar refractivity (Wildman–Crippen MR) is 75.1 cm³/mol. The molecular formula is C12H24N2O3S. The molecule has 0 saturated carbocycles. The Bertz CT molecular complexity index is 249. The van der Waals surface area contributed by atoms with Crippen LogP contribution in [0.3, 0.4) is 0 Å². The van der Waals surface area contributed by atoms with Gasteiger partial charge in [0.2, 0.25) is 0 Å². The van der Waals surface area contributed by atoms with Crippen molar-refractivity contribution in [3.05, 3.63) is 0 Å². The lowest BCUT2D eigenvalue weighted by atomic mass is 10.2. The molecule has 0 radical (unpaired) electrons. The van der Waals surface area contributed by atoms with Crippen LogP contribution >= 0.6 is 11.8 Å². The van der Waals surface area contributed by atoms with Gasteiger partial charge in [0.05, 0.1) is 0 Å². The van der Waals surface area contributed by atoms with Crippen molar-refractivity contribution in [3.8, 4) is 0 Å². The number of nitrogens with one attached hydrogen (secondary N) is 2. The number of carbonyl (C=O) groups excluding carboxylic acids is 1. The summed E-state index contributed by atoms with van der Waals surface area (Å²) in [6.45, 7) is 2.49. The highest BCUT2D eigenvalue weighted by Gasteiger charge is 2.17. The van der Waals surface area contributed by atoms with Crippen LogP contribution in [0.15, 0.2) is 0 Å². The molecule has 0 bridgehead atoms. The van der Waals surface area contributed by atoms with E-state index in [1.165, 1.54) is 0 Å². The molecule has 0 aliphatic rings. The summed E-state index contributed by atoms with van der Waals surface area (Å²) < 4.78 is 0. The van der Waals surface area contributed by atoms with E-state index in [2.05, 4.69) is 16.9 Å². The highest BCUT2D eigenvalue weighted by molar-refractivity contribution is 7.98. The Morgan fingerprint density at radius 2 is 2.00 bits per heavy atom. The van der Waals surface area contributed by atoms with E-state index in [0.29, 0.717) is 13.0 Å². The smallest absolute Gasteiger partial charge is 0.326 e. The summed E-state index contributed by atoms with van der Waals surface area (Å²) >= 11 is 1.82. The maximum Gasteiger partial charge on any atom is 0.326 e. The third kappa shape index (κ3) is 9.15. The van der Waals surface area contributed by atoms with Gasteiger partial charge in [-0.2, -0.15) is 11.8 Å². The molecule has 0 aliphatic carbocycles. The Labute approximate surface area is 113 Å². The minimum Gasteiger partial charge on any atom is -0.480 e. The highest BCUT2D eigenvalue weighted by Crippen LogP contribution is 2.01. The fourth-order valence-electron chi connectivity index (χ4n) is 1.51. The molecule has 1 atom stereocenters. The Hall–Kier alpha value is -0.910. The largest absolute Gasteiger partial charge is 0.480 e. The zero-order chi connectivity index (χ0) is 13.8. The summed E-state index contributed by atoms with van der Waals surface area (Å²) in [4.78, 5) is 22.3. The molecule has 0 aliphatic heterocycles. The Morgan fingerprint density at radius 1 is 1.28 bits per heavy atom. The molecule has 0 unspecified atom stereocenters. The molecule has 2 amide bonds. The molecule has 5 nitrogen and oxygen atoms in total. The lowest BCUT2D eigenvalue weighted by Crippen LogP contribution is -2.46. The average molecular weight is 276 g/mol. The predicted octanol–water partition coefficient (Wildman–Crippen LogP) is 2.07. The molecule has 0 heterocycles. The first-order valence-electron chi connectivity index (χ1n) is 6.38. The minimum atomic E-state index is -0.980. The fourth-order valence-corrected chi connectivity index (χ4v) is 2.00. The van der Waals surface area contributed by atoms with E-state index in [1.54, 1.807) is 0 Å². The first-order valence-corrected chi connectivity index (χ1v) is 7.77. The quantitative estimate of drug-likeness (QED) is 0.534. The summed E-state index contributed by atoms with van der Waals surface area (Å²) in [5.74, 6) is 0.163. The number of rotatable bonds is 10. The van der Waals surface area contributed by atoms with Crippen LogP contribution in [0.5, 0.6) is 0 Å². The molecule has 106 valence electrons. The molecule has 3 N–H and O–H groups in total. The van der Waals surface area contributed by atoms with E-state index >= 15 is 0 Å². The van der Waals surface area contributed by atoms with E-state index in [-0.39, 0.29) is 6.03 Å². The van der Waals surface area contributed by atoms with Crippen LogP contribution in [0.2, 0.25) is 0 Å². The number of amides is 2. The van der Waals surface area contributed by atoms with Crippen molar-refractivity contribution in [2.24, 2.45) is 0 Å². The van der Waals surface area contributed by atoms with Gasteiger partial charge < -0.3 is 15.7 Å². The minimum absolute atomic E-state index is 0.388. The number of aliphatic carboxylic acids is 1.